The Kier molecular flexibility index (Phi) is 4.73. The van der Waals surface area contributed by atoms with Gasteiger partial charge in [0.15, 0.2) is 0 Å². The average Bonchev–Trinajstić information content (AvgIpc) is 2.47. The second-order valence-electron chi connectivity index (χ2n) is 6.14. The predicted molar refractivity (Wildman–Crippen MR) is 85.4 cm³/mol. The number of nitrogens with zero attached hydrogens (tertiary/aromatic N) is 2. The van der Waals surface area contributed by atoms with Crippen LogP contribution in [0.25, 0.3) is 0 Å². The van der Waals surface area contributed by atoms with E-state index in [1.54, 1.807) is 0 Å². The number of benzene rings is 1. The maximum atomic E-state index is 12.2. The van der Waals surface area contributed by atoms with Crippen molar-refractivity contribution in [3.63, 3.8) is 0 Å². The molecule has 1 aromatic carbocycles. The van der Waals surface area contributed by atoms with E-state index in [2.05, 4.69) is 10.2 Å². The van der Waals surface area contributed by atoms with Crippen molar-refractivity contribution in [2.45, 2.75) is 19.3 Å². The number of piperazine rings is 1. The molecule has 2 fully saturated rings. The van der Waals surface area contributed by atoms with Gasteiger partial charge in [-0.25, -0.2) is 0 Å². The van der Waals surface area contributed by atoms with Gasteiger partial charge in [-0.3, -0.25) is 14.5 Å². The van der Waals surface area contributed by atoms with Gasteiger partial charge < -0.3 is 10.2 Å². The van der Waals surface area contributed by atoms with Gasteiger partial charge in [0.25, 0.3) is 0 Å². The van der Waals surface area contributed by atoms with Crippen LogP contribution in [-0.2, 0) is 9.59 Å². The first-order valence-corrected chi connectivity index (χ1v) is 8.08. The minimum atomic E-state index is 0.00460. The van der Waals surface area contributed by atoms with Crippen molar-refractivity contribution in [1.82, 2.24) is 9.80 Å². The first kappa shape index (κ1) is 15.0. The Morgan fingerprint density at radius 2 is 1.73 bits per heavy atom. The first-order valence-electron chi connectivity index (χ1n) is 8.08. The largest absolute Gasteiger partial charge is 0.340 e. The Hall–Kier alpha value is -1.88. The molecular formula is C17H23N3O2. The minimum Gasteiger partial charge on any atom is -0.340 e. The number of carbonyl (C=O) groups is 2. The topological polar surface area (TPSA) is 52.7 Å². The van der Waals surface area contributed by atoms with Crippen LogP contribution in [0, 0.1) is 5.92 Å². The summed E-state index contributed by atoms with van der Waals surface area (Å²) in [6, 6.07) is 9.50. The average molecular weight is 301 g/mol. The summed E-state index contributed by atoms with van der Waals surface area (Å²) in [5.41, 5.74) is 0.825. The lowest BCUT2D eigenvalue weighted by atomic mass is 9.84. The molecule has 0 spiro atoms. The molecule has 1 aliphatic carbocycles. The van der Waals surface area contributed by atoms with Crippen molar-refractivity contribution in [2.24, 2.45) is 5.92 Å². The number of carbonyl (C=O) groups excluding carboxylic acids is 2. The summed E-state index contributed by atoms with van der Waals surface area (Å²) >= 11 is 0. The molecule has 1 heterocycles. The third-order valence-electron chi connectivity index (χ3n) is 4.56. The lowest BCUT2D eigenvalue weighted by molar-refractivity contribution is -0.140. The molecule has 0 bridgehead atoms. The Morgan fingerprint density at radius 1 is 1.05 bits per heavy atom. The van der Waals surface area contributed by atoms with Gasteiger partial charge in [0, 0.05) is 37.8 Å². The summed E-state index contributed by atoms with van der Waals surface area (Å²) in [5, 5.41) is 2.90. The van der Waals surface area contributed by atoms with E-state index in [0.717, 1.165) is 44.7 Å². The van der Waals surface area contributed by atoms with Crippen LogP contribution >= 0.6 is 0 Å². The van der Waals surface area contributed by atoms with E-state index in [0.29, 0.717) is 12.5 Å². The van der Waals surface area contributed by atoms with Crippen LogP contribution in [-0.4, -0.2) is 54.3 Å². The van der Waals surface area contributed by atoms with Gasteiger partial charge in [-0.05, 0) is 25.0 Å². The second kappa shape index (κ2) is 6.92. The Balaban J connectivity index is 1.41. The summed E-state index contributed by atoms with van der Waals surface area (Å²) in [7, 11) is 0. The summed E-state index contributed by atoms with van der Waals surface area (Å²) in [4.78, 5) is 28.3. The fourth-order valence-corrected chi connectivity index (χ4v) is 2.96. The van der Waals surface area contributed by atoms with E-state index in [9.17, 15) is 9.59 Å². The fraction of sp³-hybridized carbons (Fsp3) is 0.529. The zero-order chi connectivity index (χ0) is 15.4. The molecule has 1 saturated heterocycles. The summed E-state index contributed by atoms with van der Waals surface area (Å²) in [6.45, 7) is 3.43. The smallest absolute Gasteiger partial charge is 0.238 e. The van der Waals surface area contributed by atoms with E-state index in [1.165, 1.54) is 6.42 Å². The molecule has 22 heavy (non-hydrogen) atoms. The van der Waals surface area contributed by atoms with Gasteiger partial charge in [0.1, 0.15) is 0 Å². The van der Waals surface area contributed by atoms with Gasteiger partial charge >= 0.3 is 0 Å². The van der Waals surface area contributed by atoms with Gasteiger partial charge in [-0.2, -0.15) is 0 Å². The summed E-state index contributed by atoms with van der Waals surface area (Å²) < 4.78 is 0. The molecule has 1 saturated carbocycles. The molecule has 0 radical (unpaired) electrons. The molecule has 5 heteroatoms. The molecule has 1 aliphatic heterocycles. The van der Waals surface area contributed by atoms with Gasteiger partial charge in [0.2, 0.25) is 11.8 Å². The number of amides is 2. The molecule has 2 amide bonds. The van der Waals surface area contributed by atoms with Crippen LogP contribution < -0.4 is 5.32 Å². The van der Waals surface area contributed by atoms with Crippen LogP contribution in [0.3, 0.4) is 0 Å². The Bertz CT molecular complexity index is 520. The van der Waals surface area contributed by atoms with Crippen molar-refractivity contribution in [3.8, 4) is 0 Å². The third kappa shape index (κ3) is 3.65. The molecule has 0 atom stereocenters. The SMILES string of the molecule is O=C(CN1CCN(C(=O)C2CCC2)CC1)Nc1ccccc1. The molecule has 0 unspecified atom stereocenters. The molecule has 118 valence electrons. The number of hydrogen-bond acceptors (Lipinski definition) is 3. The minimum absolute atomic E-state index is 0.00460. The quantitative estimate of drug-likeness (QED) is 0.918. The van der Waals surface area contributed by atoms with E-state index in [4.69, 9.17) is 0 Å². The zero-order valence-corrected chi connectivity index (χ0v) is 12.8. The molecule has 1 N–H and O–H groups in total. The molecule has 5 nitrogen and oxygen atoms in total. The molecule has 3 rings (SSSR count). The van der Waals surface area contributed by atoms with Crippen molar-refractivity contribution < 1.29 is 9.59 Å². The number of hydrogen-bond donors (Lipinski definition) is 1. The van der Waals surface area contributed by atoms with Crippen LogP contribution in [0.2, 0.25) is 0 Å². The highest BCUT2D eigenvalue weighted by molar-refractivity contribution is 5.92. The van der Waals surface area contributed by atoms with Crippen molar-refractivity contribution in [1.29, 1.82) is 0 Å². The first-order chi connectivity index (χ1) is 10.7. The summed E-state index contributed by atoms with van der Waals surface area (Å²) in [6.07, 6.45) is 3.30. The lowest BCUT2D eigenvalue weighted by Gasteiger charge is -2.37. The van der Waals surface area contributed by atoms with Crippen LogP contribution in [0.1, 0.15) is 19.3 Å². The molecule has 1 aromatic rings. The van der Waals surface area contributed by atoms with Crippen molar-refractivity contribution in [2.75, 3.05) is 38.0 Å². The highest BCUT2D eigenvalue weighted by Gasteiger charge is 2.31. The lowest BCUT2D eigenvalue weighted by Crippen LogP contribution is -2.52. The third-order valence-corrected chi connectivity index (χ3v) is 4.56. The van der Waals surface area contributed by atoms with E-state index in [-0.39, 0.29) is 11.8 Å². The highest BCUT2D eigenvalue weighted by Crippen LogP contribution is 2.28. The molecule has 2 aliphatic rings. The Morgan fingerprint density at radius 3 is 2.32 bits per heavy atom. The van der Waals surface area contributed by atoms with E-state index < -0.39 is 0 Å². The summed E-state index contributed by atoms with van der Waals surface area (Å²) in [5.74, 6) is 0.595. The zero-order valence-electron chi connectivity index (χ0n) is 12.8. The van der Waals surface area contributed by atoms with E-state index >= 15 is 0 Å². The normalized spacial score (nSPS) is 19.5. The standard InChI is InChI=1S/C17H23N3O2/c21-16(18-15-7-2-1-3-8-15)13-19-9-11-20(12-10-19)17(22)14-5-4-6-14/h1-3,7-8,14H,4-6,9-13H2,(H,18,21). The number of nitrogens with one attached hydrogen (secondary N) is 1. The predicted octanol–water partition coefficient (Wildman–Crippen LogP) is 1.57. The van der Waals surface area contributed by atoms with Crippen molar-refractivity contribution in [3.05, 3.63) is 30.3 Å². The number of para-hydroxylation sites is 1. The highest BCUT2D eigenvalue weighted by atomic mass is 16.2. The molecule has 0 aromatic heterocycles. The van der Waals surface area contributed by atoms with Gasteiger partial charge in [-0.15, -0.1) is 0 Å². The monoisotopic (exact) mass is 301 g/mol. The second-order valence-corrected chi connectivity index (χ2v) is 6.14. The number of rotatable bonds is 4. The number of anilines is 1. The van der Waals surface area contributed by atoms with Gasteiger partial charge in [0.05, 0.1) is 6.54 Å². The fourth-order valence-electron chi connectivity index (χ4n) is 2.96. The van der Waals surface area contributed by atoms with Gasteiger partial charge in [-0.1, -0.05) is 24.6 Å². The van der Waals surface area contributed by atoms with Crippen molar-refractivity contribution >= 4 is 17.5 Å². The van der Waals surface area contributed by atoms with Crippen LogP contribution in [0.5, 0.6) is 0 Å². The maximum Gasteiger partial charge on any atom is 0.238 e. The maximum absolute atomic E-state index is 12.2. The van der Waals surface area contributed by atoms with E-state index in [1.807, 2.05) is 35.2 Å². The van der Waals surface area contributed by atoms with Crippen LogP contribution in [0.15, 0.2) is 30.3 Å². The molecular weight excluding hydrogens is 278 g/mol. The Labute approximate surface area is 131 Å². The van der Waals surface area contributed by atoms with Crippen LogP contribution in [0.4, 0.5) is 5.69 Å².